The predicted molar refractivity (Wildman–Crippen MR) is 98.8 cm³/mol. The Morgan fingerprint density at radius 2 is 1.88 bits per heavy atom. The van der Waals surface area contributed by atoms with Gasteiger partial charge in [-0.2, -0.15) is 0 Å². The van der Waals surface area contributed by atoms with Crippen molar-refractivity contribution in [3.05, 3.63) is 0 Å². The third-order valence-corrected chi connectivity index (χ3v) is 10.9. The lowest BCUT2D eigenvalue weighted by Crippen LogP contribution is -2.55. The Balaban J connectivity index is 2.09. The molecule has 0 spiro atoms. The summed E-state index contributed by atoms with van der Waals surface area (Å²) in [6.07, 6.45) is -0.532. The molecule has 0 bridgehead atoms. The van der Waals surface area contributed by atoms with E-state index in [4.69, 9.17) is 18.6 Å². The minimum Gasteiger partial charge on any atom is -0.463 e. The van der Waals surface area contributed by atoms with Gasteiger partial charge in [-0.15, -0.1) is 11.8 Å². The van der Waals surface area contributed by atoms with Crippen molar-refractivity contribution >= 4 is 26.0 Å². The van der Waals surface area contributed by atoms with Crippen LogP contribution in [0.2, 0.25) is 18.1 Å². The summed E-state index contributed by atoms with van der Waals surface area (Å²) in [5, 5.41) is 0.822. The fourth-order valence-electron chi connectivity index (χ4n) is 2.53. The Morgan fingerprint density at radius 3 is 2.38 bits per heavy atom. The number of hydrogen-bond donors (Lipinski definition) is 0. The Kier molecular flexibility index (Phi) is 6.13. The molecule has 5 nitrogen and oxygen atoms in total. The monoisotopic (exact) mass is 376 g/mol. The summed E-state index contributed by atoms with van der Waals surface area (Å²) in [6.45, 7) is 16.9. The third kappa shape index (κ3) is 4.75. The molecule has 0 saturated carbocycles. The summed E-state index contributed by atoms with van der Waals surface area (Å²) in [6, 6.07) is 0. The number of ether oxygens (including phenoxy) is 3. The number of carbonyl (C=O) groups is 1. The van der Waals surface area contributed by atoms with Crippen LogP contribution in [0.5, 0.6) is 0 Å². The first-order valence-electron chi connectivity index (χ1n) is 8.70. The van der Waals surface area contributed by atoms with Crippen LogP contribution in [0.4, 0.5) is 0 Å². The molecule has 5 atom stereocenters. The lowest BCUT2D eigenvalue weighted by atomic mass is 10.1. The van der Waals surface area contributed by atoms with Gasteiger partial charge in [0.2, 0.25) is 0 Å². The molecule has 0 aliphatic carbocycles. The number of hydrogen-bond acceptors (Lipinski definition) is 6. The molecule has 2 aliphatic rings. The second-order valence-corrected chi connectivity index (χ2v) is 14.6. The van der Waals surface area contributed by atoms with E-state index in [0.717, 1.165) is 0 Å². The molecule has 0 aromatic carbocycles. The molecule has 24 heavy (non-hydrogen) atoms. The number of carbonyl (C=O) groups excluding carboxylic acids is 1. The minimum atomic E-state index is -1.92. The average Bonchev–Trinajstić information content (AvgIpc) is 3.17. The lowest BCUT2D eigenvalue weighted by Gasteiger charge is -2.43. The van der Waals surface area contributed by atoms with Crippen molar-refractivity contribution in [3.8, 4) is 0 Å². The molecule has 0 aromatic heterocycles. The minimum absolute atomic E-state index is 0.0511. The Bertz CT molecular complexity index is 462. The Morgan fingerprint density at radius 1 is 1.25 bits per heavy atom. The van der Waals surface area contributed by atoms with E-state index in [1.807, 2.05) is 25.6 Å². The normalized spacial score (nSPS) is 33.3. The molecule has 2 saturated heterocycles. The highest BCUT2D eigenvalue weighted by Crippen LogP contribution is 2.54. The van der Waals surface area contributed by atoms with Gasteiger partial charge in [-0.05, 0) is 32.0 Å². The van der Waals surface area contributed by atoms with Crippen LogP contribution in [0.1, 0.15) is 41.5 Å². The van der Waals surface area contributed by atoms with Crippen LogP contribution in [0.3, 0.4) is 0 Å². The van der Waals surface area contributed by atoms with Crippen LogP contribution in [0, 0.1) is 0 Å². The van der Waals surface area contributed by atoms with Gasteiger partial charge >= 0.3 is 5.97 Å². The molecule has 2 fully saturated rings. The van der Waals surface area contributed by atoms with Gasteiger partial charge in [0.15, 0.2) is 14.6 Å². The van der Waals surface area contributed by atoms with Crippen LogP contribution >= 0.6 is 11.8 Å². The molecule has 140 valence electrons. The predicted octanol–water partition coefficient (Wildman–Crippen LogP) is 3.57. The van der Waals surface area contributed by atoms with Crippen LogP contribution in [0.15, 0.2) is 0 Å². The molecule has 2 aliphatic heterocycles. The van der Waals surface area contributed by atoms with Gasteiger partial charge in [0, 0.05) is 17.4 Å². The summed E-state index contributed by atoms with van der Waals surface area (Å²) >= 11 is 1.85. The van der Waals surface area contributed by atoms with E-state index in [-0.39, 0.29) is 35.9 Å². The highest BCUT2D eigenvalue weighted by atomic mass is 32.2. The van der Waals surface area contributed by atoms with E-state index in [9.17, 15) is 4.79 Å². The standard InChI is InChI=1S/C17H32O5SSi/c1-10(2)20-16-13(22-24(7,8)17(4,5)6)15-14(23-15)12(21-16)9-19-11(3)18/h10,12-16H,9H2,1-8H3/t12-,13-,14+,15-,16+/m1/s1. The fourth-order valence-corrected chi connectivity index (χ4v) is 5.18. The van der Waals surface area contributed by atoms with Crippen LogP contribution in [-0.4, -0.2) is 56.0 Å². The van der Waals surface area contributed by atoms with Gasteiger partial charge in [0.1, 0.15) is 18.8 Å². The van der Waals surface area contributed by atoms with Crippen molar-refractivity contribution in [2.24, 2.45) is 0 Å². The summed E-state index contributed by atoms with van der Waals surface area (Å²) in [5.74, 6) is -0.276. The molecule has 2 rings (SSSR count). The third-order valence-electron chi connectivity index (χ3n) is 4.92. The maximum atomic E-state index is 11.1. The van der Waals surface area contributed by atoms with Gasteiger partial charge in [0.25, 0.3) is 0 Å². The second kappa shape index (κ2) is 7.27. The van der Waals surface area contributed by atoms with Crippen molar-refractivity contribution in [2.45, 2.75) is 94.8 Å². The molecule has 2 heterocycles. The van der Waals surface area contributed by atoms with E-state index in [2.05, 4.69) is 33.9 Å². The summed E-state index contributed by atoms with van der Waals surface area (Å²) < 4.78 is 24.0. The maximum absolute atomic E-state index is 11.1. The lowest BCUT2D eigenvalue weighted by molar-refractivity contribution is -0.245. The highest BCUT2D eigenvalue weighted by Gasteiger charge is 2.60. The second-order valence-electron chi connectivity index (χ2n) is 8.44. The van der Waals surface area contributed by atoms with Gasteiger partial charge < -0.3 is 18.6 Å². The van der Waals surface area contributed by atoms with Crippen molar-refractivity contribution in [1.82, 2.24) is 0 Å². The summed E-state index contributed by atoms with van der Waals surface area (Å²) in [4.78, 5) is 11.1. The van der Waals surface area contributed by atoms with Crippen LogP contribution < -0.4 is 0 Å². The van der Waals surface area contributed by atoms with E-state index >= 15 is 0 Å². The van der Waals surface area contributed by atoms with Crippen molar-refractivity contribution in [1.29, 1.82) is 0 Å². The fraction of sp³-hybridized carbons (Fsp3) is 0.941. The first-order valence-corrected chi connectivity index (χ1v) is 12.5. The molecule has 0 aromatic rings. The van der Waals surface area contributed by atoms with E-state index in [0.29, 0.717) is 10.5 Å². The number of thioether (sulfide) groups is 1. The molecule has 0 N–H and O–H groups in total. The number of esters is 1. The molecule has 7 heteroatoms. The zero-order valence-electron chi connectivity index (χ0n) is 16.1. The maximum Gasteiger partial charge on any atom is 0.302 e. The number of rotatable bonds is 6. The van der Waals surface area contributed by atoms with E-state index in [1.54, 1.807) is 0 Å². The van der Waals surface area contributed by atoms with Crippen LogP contribution in [0.25, 0.3) is 0 Å². The zero-order chi connectivity index (χ0) is 18.3. The largest absolute Gasteiger partial charge is 0.463 e. The van der Waals surface area contributed by atoms with E-state index in [1.165, 1.54) is 6.92 Å². The van der Waals surface area contributed by atoms with Crippen molar-refractivity contribution in [3.63, 3.8) is 0 Å². The molecule has 0 unspecified atom stereocenters. The topological polar surface area (TPSA) is 54.0 Å². The first kappa shape index (κ1) is 20.2. The highest BCUT2D eigenvalue weighted by molar-refractivity contribution is 8.07. The van der Waals surface area contributed by atoms with Gasteiger partial charge in [0.05, 0.1) is 6.10 Å². The van der Waals surface area contributed by atoms with Crippen molar-refractivity contribution in [2.75, 3.05) is 6.61 Å². The quantitative estimate of drug-likeness (QED) is 0.401. The number of fused-ring (bicyclic) bond motifs is 1. The average molecular weight is 377 g/mol. The zero-order valence-corrected chi connectivity index (χ0v) is 17.9. The molecule has 0 radical (unpaired) electrons. The summed E-state index contributed by atoms with van der Waals surface area (Å²) in [7, 11) is -1.92. The molecular formula is C17H32O5SSi. The smallest absolute Gasteiger partial charge is 0.302 e. The van der Waals surface area contributed by atoms with Gasteiger partial charge in [-0.1, -0.05) is 20.8 Å². The van der Waals surface area contributed by atoms with Gasteiger partial charge in [-0.25, -0.2) is 0 Å². The summed E-state index contributed by atoms with van der Waals surface area (Å²) in [5.41, 5.74) is 0. The Labute approximate surface area is 151 Å². The Hall–Kier alpha value is -0.0831. The van der Waals surface area contributed by atoms with Gasteiger partial charge in [-0.3, -0.25) is 4.79 Å². The SMILES string of the molecule is CC(=O)OC[C@H]1O[C@H](OC(C)C)[C@H](O[Si](C)(C)C(C)(C)C)[C@H]2S[C@H]21. The first-order chi connectivity index (χ1) is 10.9. The van der Waals surface area contributed by atoms with Crippen LogP contribution in [-0.2, 0) is 23.4 Å². The molecule has 0 amide bonds. The van der Waals surface area contributed by atoms with Crippen molar-refractivity contribution < 1.29 is 23.4 Å². The molecular weight excluding hydrogens is 344 g/mol. The van der Waals surface area contributed by atoms with E-state index < -0.39 is 14.6 Å².